The molecule has 0 aromatic carbocycles. The number of nitrogens with zero attached hydrogens (tertiary/aromatic N) is 2. The number of hydrogen-bond acceptors (Lipinski definition) is 1. The van der Waals surface area contributed by atoms with Crippen LogP contribution in [0, 0.1) is 0 Å². The SMILES string of the molecule is CCCCCN(C(N)=NC1CCCC1)C(C)C. The zero-order valence-corrected chi connectivity index (χ0v) is 11.8. The third kappa shape index (κ3) is 4.97. The van der Waals surface area contributed by atoms with Gasteiger partial charge in [-0.25, -0.2) is 4.99 Å². The molecule has 1 saturated carbocycles. The maximum absolute atomic E-state index is 6.16. The van der Waals surface area contributed by atoms with E-state index in [1.165, 1.54) is 44.9 Å². The van der Waals surface area contributed by atoms with Crippen LogP contribution in [0.4, 0.5) is 0 Å². The second-order valence-electron chi connectivity index (χ2n) is 5.42. The summed E-state index contributed by atoms with van der Waals surface area (Å²) in [6.45, 7) is 7.68. The second-order valence-corrected chi connectivity index (χ2v) is 5.42. The molecule has 0 atom stereocenters. The van der Waals surface area contributed by atoms with Crippen molar-refractivity contribution in [3.8, 4) is 0 Å². The average Bonchev–Trinajstić information content (AvgIpc) is 2.76. The maximum Gasteiger partial charge on any atom is 0.191 e. The Hall–Kier alpha value is -0.730. The predicted molar refractivity (Wildman–Crippen MR) is 75.2 cm³/mol. The summed E-state index contributed by atoms with van der Waals surface area (Å²) in [7, 11) is 0. The summed E-state index contributed by atoms with van der Waals surface area (Å²) in [4.78, 5) is 6.95. The van der Waals surface area contributed by atoms with E-state index >= 15 is 0 Å². The van der Waals surface area contributed by atoms with Gasteiger partial charge >= 0.3 is 0 Å². The van der Waals surface area contributed by atoms with Crippen LogP contribution < -0.4 is 5.73 Å². The van der Waals surface area contributed by atoms with Gasteiger partial charge in [-0.05, 0) is 33.1 Å². The zero-order valence-electron chi connectivity index (χ0n) is 11.8. The van der Waals surface area contributed by atoms with Crippen LogP contribution in [-0.2, 0) is 0 Å². The quantitative estimate of drug-likeness (QED) is 0.439. The zero-order chi connectivity index (χ0) is 12.7. The highest BCUT2D eigenvalue weighted by Gasteiger charge is 2.17. The molecular weight excluding hydrogens is 210 g/mol. The Labute approximate surface area is 106 Å². The molecule has 1 rings (SSSR count). The lowest BCUT2D eigenvalue weighted by molar-refractivity contribution is 0.334. The first-order valence-corrected chi connectivity index (χ1v) is 7.25. The van der Waals surface area contributed by atoms with Gasteiger partial charge in [0.15, 0.2) is 5.96 Å². The summed E-state index contributed by atoms with van der Waals surface area (Å²) in [5, 5.41) is 0. The Morgan fingerprint density at radius 1 is 1.29 bits per heavy atom. The van der Waals surface area contributed by atoms with Gasteiger partial charge in [0, 0.05) is 12.6 Å². The first-order chi connectivity index (χ1) is 8.15. The molecule has 0 bridgehead atoms. The van der Waals surface area contributed by atoms with Gasteiger partial charge in [-0.3, -0.25) is 0 Å². The molecule has 1 fully saturated rings. The highest BCUT2D eigenvalue weighted by atomic mass is 15.3. The molecule has 0 amide bonds. The average molecular weight is 239 g/mol. The number of unbranched alkanes of at least 4 members (excludes halogenated alkanes) is 2. The third-order valence-corrected chi connectivity index (χ3v) is 3.56. The van der Waals surface area contributed by atoms with Gasteiger partial charge in [-0.15, -0.1) is 0 Å². The van der Waals surface area contributed by atoms with Crippen LogP contribution in [0.25, 0.3) is 0 Å². The molecular formula is C14H29N3. The Morgan fingerprint density at radius 3 is 2.47 bits per heavy atom. The predicted octanol–water partition coefficient (Wildman–Crippen LogP) is 3.14. The van der Waals surface area contributed by atoms with Crippen molar-refractivity contribution in [3.63, 3.8) is 0 Å². The summed E-state index contributed by atoms with van der Waals surface area (Å²) >= 11 is 0. The fourth-order valence-electron chi connectivity index (χ4n) is 2.46. The van der Waals surface area contributed by atoms with Gasteiger partial charge in [0.25, 0.3) is 0 Å². The fraction of sp³-hybridized carbons (Fsp3) is 0.929. The fourth-order valence-corrected chi connectivity index (χ4v) is 2.46. The monoisotopic (exact) mass is 239 g/mol. The summed E-state index contributed by atoms with van der Waals surface area (Å²) in [6.07, 6.45) is 8.84. The van der Waals surface area contributed by atoms with Gasteiger partial charge in [-0.1, -0.05) is 32.6 Å². The van der Waals surface area contributed by atoms with E-state index in [0.717, 1.165) is 12.5 Å². The van der Waals surface area contributed by atoms with Crippen LogP contribution in [0.1, 0.15) is 65.7 Å². The molecule has 3 nitrogen and oxygen atoms in total. The molecule has 3 heteroatoms. The van der Waals surface area contributed by atoms with E-state index in [1.54, 1.807) is 0 Å². The number of nitrogens with two attached hydrogens (primary N) is 1. The smallest absolute Gasteiger partial charge is 0.191 e. The van der Waals surface area contributed by atoms with Crippen LogP contribution in [0.15, 0.2) is 4.99 Å². The molecule has 0 unspecified atom stereocenters. The highest BCUT2D eigenvalue weighted by molar-refractivity contribution is 5.78. The van der Waals surface area contributed by atoms with Crippen LogP contribution in [0.5, 0.6) is 0 Å². The van der Waals surface area contributed by atoms with Gasteiger partial charge in [-0.2, -0.15) is 0 Å². The van der Waals surface area contributed by atoms with E-state index in [0.29, 0.717) is 12.1 Å². The van der Waals surface area contributed by atoms with E-state index in [-0.39, 0.29) is 0 Å². The van der Waals surface area contributed by atoms with E-state index < -0.39 is 0 Å². The van der Waals surface area contributed by atoms with Crippen LogP contribution in [0.3, 0.4) is 0 Å². The minimum Gasteiger partial charge on any atom is -0.370 e. The molecule has 0 aromatic rings. The lowest BCUT2D eigenvalue weighted by atomic mass is 10.2. The second kappa shape index (κ2) is 7.57. The molecule has 2 N–H and O–H groups in total. The molecule has 0 heterocycles. The number of hydrogen-bond donors (Lipinski definition) is 1. The van der Waals surface area contributed by atoms with Crippen LogP contribution >= 0.6 is 0 Å². The van der Waals surface area contributed by atoms with Gasteiger partial charge in [0.1, 0.15) is 0 Å². The van der Waals surface area contributed by atoms with Crippen molar-refractivity contribution in [1.29, 1.82) is 0 Å². The molecule has 1 aliphatic rings. The molecule has 0 saturated heterocycles. The van der Waals surface area contributed by atoms with Gasteiger partial charge in [0.2, 0.25) is 0 Å². The number of guanidine groups is 1. The first-order valence-electron chi connectivity index (χ1n) is 7.25. The van der Waals surface area contributed by atoms with Crippen molar-refractivity contribution in [2.75, 3.05) is 6.54 Å². The van der Waals surface area contributed by atoms with E-state index in [2.05, 4.69) is 25.7 Å². The van der Waals surface area contributed by atoms with E-state index in [4.69, 9.17) is 10.7 Å². The van der Waals surface area contributed by atoms with Crippen molar-refractivity contribution in [2.45, 2.75) is 77.8 Å². The van der Waals surface area contributed by atoms with Crippen molar-refractivity contribution in [2.24, 2.45) is 10.7 Å². The standard InChI is InChI=1S/C14H29N3/c1-4-5-8-11-17(12(2)3)14(15)16-13-9-6-7-10-13/h12-13H,4-11H2,1-3H3,(H2,15,16). The number of rotatable bonds is 6. The Kier molecular flexibility index (Phi) is 6.38. The molecule has 100 valence electrons. The lowest BCUT2D eigenvalue weighted by Gasteiger charge is -2.28. The van der Waals surface area contributed by atoms with Gasteiger partial charge in [0.05, 0.1) is 6.04 Å². The Morgan fingerprint density at radius 2 is 1.94 bits per heavy atom. The molecule has 1 aliphatic carbocycles. The van der Waals surface area contributed by atoms with Crippen LogP contribution in [-0.4, -0.2) is 29.5 Å². The summed E-state index contributed by atoms with van der Waals surface area (Å²) in [6, 6.07) is 0.944. The molecule has 0 spiro atoms. The van der Waals surface area contributed by atoms with Crippen molar-refractivity contribution < 1.29 is 0 Å². The van der Waals surface area contributed by atoms with Crippen molar-refractivity contribution >= 4 is 5.96 Å². The summed E-state index contributed by atoms with van der Waals surface area (Å²) in [5.41, 5.74) is 6.16. The Balaban J connectivity index is 2.49. The first kappa shape index (κ1) is 14.3. The summed E-state index contributed by atoms with van der Waals surface area (Å²) in [5.74, 6) is 0.767. The van der Waals surface area contributed by atoms with Crippen molar-refractivity contribution in [1.82, 2.24) is 4.90 Å². The molecule has 0 radical (unpaired) electrons. The number of aliphatic imine (C=N–C) groups is 1. The van der Waals surface area contributed by atoms with Crippen molar-refractivity contribution in [3.05, 3.63) is 0 Å². The minimum atomic E-state index is 0.456. The minimum absolute atomic E-state index is 0.456. The highest BCUT2D eigenvalue weighted by Crippen LogP contribution is 2.21. The molecule has 17 heavy (non-hydrogen) atoms. The molecule has 0 aromatic heterocycles. The lowest BCUT2D eigenvalue weighted by Crippen LogP contribution is -2.43. The summed E-state index contributed by atoms with van der Waals surface area (Å²) < 4.78 is 0. The van der Waals surface area contributed by atoms with E-state index in [9.17, 15) is 0 Å². The normalized spacial score (nSPS) is 18.0. The third-order valence-electron chi connectivity index (χ3n) is 3.56. The van der Waals surface area contributed by atoms with E-state index in [1.807, 2.05) is 0 Å². The molecule has 0 aliphatic heterocycles. The topological polar surface area (TPSA) is 41.6 Å². The maximum atomic E-state index is 6.16. The Bertz CT molecular complexity index is 230. The largest absolute Gasteiger partial charge is 0.370 e. The van der Waals surface area contributed by atoms with Gasteiger partial charge < -0.3 is 10.6 Å². The van der Waals surface area contributed by atoms with Crippen LogP contribution in [0.2, 0.25) is 0 Å².